The molecule has 176 valence electrons. The highest BCUT2D eigenvalue weighted by Gasteiger charge is 2.33. The van der Waals surface area contributed by atoms with E-state index in [1.165, 1.54) is 11.3 Å². The van der Waals surface area contributed by atoms with Crippen molar-refractivity contribution in [3.05, 3.63) is 93.5 Å². The molecule has 2 aromatic carbocycles. The number of carbonyl (C=O) groups is 1. The first-order valence-corrected chi connectivity index (χ1v) is 13.1. The summed E-state index contributed by atoms with van der Waals surface area (Å²) in [4.78, 5) is 31.7. The van der Waals surface area contributed by atoms with Gasteiger partial charge in [0, 0.05) is 0 Å². The van der Waals surface area contributed by atoms with Crippen LogP contribution in [0.4, 0.5) is 0 Å². The van der Waals surface area contributed by atoms with Crippen LogP contribution in [0.1, 0.15) is 37.9 Å². The van der Waals surface area contributed by atoms with E-state index in [0.29, 0.717) is 33.0 Å². The molecular formula is C25H22Br2N2O4S. The Morgan fingerprint density at radius 3 is 2.44 bits per heavy atom. The number of ether oxygens (including phenoxy) is 2. The van der Waals surface area contributed by atoms with Gasteiger partial charge in [0.25, 0.3) is 5.56 Å². The zero-order valence-corrected chi connectivity index (χ0v) is 22.8. The first kappa shape index (κ1) is 24.6. The standard InChI is InChI=1S/C25H22Br2N2O4S/c1-4-32-22-17(26)11-15(12-18(22)27)13-19-23(30)29-21(16-9-7-6-8-10-16)20(24(31)33-5-2)14(3)28-25(29)34-19/h6-13,21H,4-5H2,1-3H3/b19-13-/t21-/m1/s1. The van der Waals surface area contributed by atoms with Crippen molar-refractivity contribution in [1.82, 2.24) is 4.57 Å². The summed E-state index contributed by atoms with van der Waals surface area (Å²) in [6.07, 6.45) is 1.82. The van der Waals surface area contributed by atoms with Gasteiger partial charge in [-0.3, -0.25) is 9.36 Å². The molecule has 0 N–H and O–H groups in total. The lowest BCUT2D eigenvalue weighted by molar-refractivity contribution is -0.139. The van der Waals surface area contributed by atoms with Gasteiger partial charge in [-0.25, -0.2) is 9.79 Å². The molecule has 2 heterocycles. The van der Waals surface area contributed by atoms with E-state index in [-0.39, 0.29) is 12.2 Å². The van der Waals surface area contributed by atoms with Crippen LogP contribution in [0.5, 0.6) is 5.75 Å². The van der Waals surface area contributed by atoms with Crippen molar-refractivity contribution in [1.29, 1.82) is 0 Å². The lowest BCUT2D eigenvalue weighted by atomic mass is 9.96. The molecule has 0 bridgehead atoms. The Labute approximate surface area is 217 Å². The highest BCUT2D eigenvalue weighted by atomic mass is 79.9. The van der Waals surface area contributed by atoms with E-state index in [1.54, 1.807) is 18.4 Å². The van der Waals surface area contributed by atoms with Gasteiger partial charge in [0.2, 0.25) is 0 Å². The number of benzene rings is 2. The van der Waals surface area contributed by atoms with Gasteiger partial charge in [-0.15, -0.1) is 0 Å². The summed E-state index contributed by atoms with van der Waals surface area (Å²) in [5.41, 5.74) is 2.35. The van der Waals surface area contributed by atoms with Crippen LogP contribution in [-0.2, 0) is 9.53 Å². The topological polar surface area (TPSA) is 69.9 Å². The Morgan fingerprint density at radius 1 is 1.15 bits per heavy atom. The molecule has 1 aliphatic heterocycles. The predicted molar refractivity (Wildman–Crippen MR) is 140 cm³/mol. The van der Waals surface area contributed by atoms with Crippen molar-refractivity contribution in [2.24, 2.45) is 4.99 Å². The van der Waals surface area contributed by atoms with E-state index in [0.717, 1.165) is 20.1 Å². The van der Waals surface area contributed by atoms with Crippen LogP contribution in [0.2, 0.25) is 0 Å². The number of carbonyl (C=O) groups excluding carboxylic acids is 1. The van der Waals surface area contributed by atoms with Gasteiger partial charge in [-0.2, -0.15) is 0 Å². The number of nitrogens with zero attached hydrogens (tertiary/aromatic N) is 2. The van der Waals surface area contributed by atoms with Crippen LogP contribution in [0.25, 0.3) is 6.08 Å². The largest absolute Gasteiger partial charge is 0.492 e. The Morgan fingerprint density at radius 2 is 1.82 bits per heavy atom. The Kier molecular flexibility index (Phi) is 7.54. The van der Waals surface area contributed by atoms with Gasteiger partial charge < -0.3 is 9.47 Å². The summed E-state index contributed by atoms with van der Waals surface area (Å²) in [6, 6.07) is 12.7. The van der Waals surface area contributed by atoms with Crippen molar-refractivity contribution in [2.75, 3.05) is 13.2 Å². The molecule has 0 fully saturated rings. The van der Waals surface area contributed by atoms with Gasteiger partial charge >= 0.3 is 5.97 Å². The van der Waals surface area contributed by atoms with Gasteiger partial charge in [0.15, 0.2) is 4.80 Å². The number of halogens is 2. The summed E-state index contributed by atoms with van der Waals surface area (Å²) in [6.45, 7) is 6.23. The second-order valence-corrected chi connectivity index (χ2v) is 10.2. The number of fused-ring (bicyclic) bond motifs is 1. The SMILES string of the molecule is CCOC(=O)C1=C(C)N=c2s/c(=C\c3cc(Br)c(OCC)c(Br)c3)c(=O)n2[C@@H]1c1ccccc1. The summed E-state index contributed by atoms with van der Waals surface area (Å²) in [5.74, 6) is 0.242. The van der Waals surface area contributed by atoms with E-state index in [9.17, 15) is 9.59 Å². The van der Waals surface area contributed by atoms with Crippen molar-refractivity contribution in [2.45, 2.75) is 26.8 Å². The van der Waals surface area contributed by atoms with Gasteiger partial charge in [-0.05, 0) is 82.0 Å². The highest BCUT2D eigenvalue weighted by molar-refractivity contribution is 9.11. The normalized spacial score (nSPS) is 15.7. The number of aromatic nitrogens is 1. The fraction of sp³-hybridized carbons (Fsp3) is 0.240. The lowest BCUT2D eigenvalue weighted by Crippen LogP contribution is -2.39. The average Bonchev–Trinajstić information content (AvgIpc) is 3.10. The van der Waals surface area contributed by atoms with Crippen LogP contribution in [0.15, 0.2) is 72.5 Å². The molecule has 34 heavy (non-hydrogen) atoms. The molecule has 6 nitrogen and oxygen atoms in total. The maximum absolute atomic E-state index is 13.6. The maximum Gasteiger partial charge on any atom is 0.338 e. The van der Waals surface area contributed by atoms with E-state index >= 15 is 0 Å². The Balaban J connectivity index is 1.91. The molecule has 1 atom stereocenters. The minimum absolute atomic E-state index is 0.215. The monoisotopic (exact) mass is 604 g/mol. The van der Waals surface area contributed by atoms with E-state index in [4.69, 9.17) is 9.47 Å². The van der Waals surface area contributed by atoms with Crippen molar-refractivity contribution < 1.29 is 14.3 Å². The zero-order valence-electron chi connectivity index (χ0n) is 18.8. The first-order chi connectivity index (χ1) is 16.3. The number of esters is 1. The third-order valence-corrected chi connectivity index (χ3v) is 7.40. The van der Waals surface area contributed by atoms with E-state index < -0.39 is 12.0 Å². The Bertz CT molecular complexity index is 1440. The smallest absolute Gasteiger partial charge is 0.338 e. The zero-order chi connectivity index (χ0) is 24.4. The van der Waals surface area contributed by atoms with Crippen molar-refractivity contribution >= 4 is 55.2 Å². The predicted octanol–water partition coefficient (Wildman–Crippen LogP) is 4.72. The molecule has 0 spiro atoms. The minimum atomic E-state index is -0.613. The van der Waals surface area contributed by atoms with Crippen molar-refractivity contribution in [3.8, 4) is 5.75 Å². The molecule has 0 saturated carbocycles. The van der Waals surface area contributed by atoms with Gasteiger partial charge in [0.1, 0.15) is 5.75 Å². The molecule has 0 amide bonds. The molecule has 1 aromatic heterocycles. The highest BCUT2D eigenvalue weighted by Crippen LogP contribution is 2.35. The summed E-state index contributed by atoms with van der Waals surface area (Å²) in [5, 5.41) is 0. The van der Waals surface area contributed by atoms with Crippen LogP contribution in [0.3, 0.4) is 0 Å². The molecule has 0 aliphatic carbocycles. The second kappa shape index (κ2) is 10.4. The fourth-order valence-electron chi connectivity index (χ4n) is 3.84. The number of allylic oxidation sites excluding steroid dienone is 1. The first-order valence-electron chi connectivity index (χ1n) is 10.7. The van der Waals surface area contributed by atoms with Crippen LogP contribution < -0.4 is 19.6 Å². The molecule has 0 unspecified atom stereocenters. The molecule has 1 aliphatic rings. The lowest BCUT2D eigenvalue weighted by Gasteiger charge is -2.24. The summed E-state index contributed by atoms with van der Waals surface area (Å²) in [7, 11) is 0. The van der Waals surface area contributed by atoms with E-state index in [2.05, 4.69) is 36.9 Å². The molecule has 3 aromatic rings. The molecule has 0 saturated heterocycles. The molecule has 0 radical (unpaired) electrons. The third-order valence-electron chi connectivity index (χ3n) is 5.24. The number of hydrogen-bond donors (Lipinski definition) is 0. The number of thiazole rings is 1. The number of rotatable bonds is 6. The quantitative estimate of drug-likeness (QED) is 0.381. The van der Waals surface area contributed by atoms with Crippen molar-refractivity contribution in [3.63, 3.8) is 0 Å². The maximum atomic E-state index is 13.6. The fourth-order valence-corrected chi connectivity index (χ4v) is 6.34. The van der Waals surface area contributed by atoms with Crippen LogP contribution in [0, 0.1) is 0 Å². The van der Waals surface area contributed by atoms with Gasteiger partial charge in [0.05, 0.1) is 44.0 Å². The minimum Gasteiger partial charge on any atom is -0.492 e. The van der Waals surface area contributed by atoms with Crippen LogP contribution in [-0.4, -0.2) is 23.8 Å². The summed E-state index contributed by atoms with van der Waals surface area (Å²) >= 11 is 8.38. The van der Waals surface area contributed by atoms with Crippen LogP contribution >= 0.6 is 43.2 Å². The van der Waals surface area contributed by atoms with Gasteiger partial charge in [-0.1, -0.05) is 41.7 Å². The summed E-state index contributed by atoms with van der Waals surface area (Å²) < 4.78 is 14.6. The molecular weight excluding hydrogens is 584 g/mol. The average molecular weight is 606 g/mol. The van der Waals surface area contributed by atoms with E-state index in [1.807, 2.05) is 55.5 Å². The molecule has 9 heteroatoms. The second-order valence-electron chi connectivity index (χ2n) is 7.46. The number of hydrogen-bond acceptors (Lipinski definition) is 6. The Hall–Kier alpha value is -2.49. The third kappa shape index (κ3) is 4.69. The molecule has 4 rings (SSSR count).